The minimum atomic E-state index is -0.925. The van der Waals surface area contributed by atoms with Crippen molar-refractivity contribution in [2.45, 2.75) is 19.4 Å². The highest BCUT2D eigenvalue weighted by Gasteiger charge is 2.37. The smallest absolute Gasteiger partial charge is 0.312 e. The highest BCUT2D eigenvalue weighted by atomic mass is 16.5. The van der Waals surface area contributed by atoms with Crippen molar-refractivity contribution in [3.63, 3.8) is 0 Å². The second-order valence-corrected chi connectivity index (χ2v) is 7.96. The fourth-order valence-electron chi connectivity index (χ4n) is 3.80. The largest absolute Gasteiger partial charge is 0.493 e. The van der Waals surface area contributed by atoms with Gasteiger partial charge in [-0.15, -0.1) is 0 Å². The number of carbonyl (C=O) groups is 3. The molecule has 2 atom stereocenters. The Morgan fingerprint density at radius 1 is 0.912 bits per heavy atom. The molecule has 7 heteroatoms. The molecule has 0 N–H and O–H groups in total. The number of anilines is 1. The minimum Gasteiger partial charge on any atom is -0.493 e. The summed E-state index contributed by atoms with van der Waals surface area (Å²) in [4.78, 5) is 39.3. The third-order valence-electron chi connectivity index (χ3n) is 5.62. The number of amides is 1. The van der Waals surface area contributed by atoms with Gasteiger partial charge in [0.05, 0.1) is 13.0 Å². The fourth-order valence-corrected chi connectivity index (χ4v) is 3.80. The van der Waals surface area contributed by atoms with E-state index in [1.54, 1.807) is 79.6 Å². The molecule has 1 aliphatic heterocycles. The quantitative estimate of drug-likeness (QED) is 0.360. The van der Waals surface area contributed by atoms with Gasteiger partial charge >= 0.3 is 5.97 Å². The first-order valence-corrected chi connectivity index (χ1v) is 11.0. The van der Waals surface area contributed by atoms with Gasteiger partial charge in [-0.3, -0.25) is 14.4 Å². The second-order valence-electron chi connectivity index (χ2n) is 7.96. The number of esters is 1. The number of hydrogen-bond acceptors (Lipinski definition) is 6. The first-order chi connectivity index (χ1) is 16.5. The Morgan fingerprint density at radius 3 is 2.24 bits per heavy atom. The lowest BCUT2D eigenvalue weighted by Crippen LogP contribution is -2.30. The molecular weight excluding hydrogens is 434 g/mol. The molecule has 0 saturated carbocycles. The van der Waals surface area contributed by atoms with E-state index in [9.17, 15) is 14.4 Å². The Morgan fingerprint density at radius 2 is 1.56 bits per heavy atom. The topological polar surface area (TPSA) is 82.1 Å². The third-order valence-corrected chi connectivity index (χ3v) is 5.62. The van der Waals surface area contributed by atoms with E-state index in [0.717, 1.165) is 0 Å². The van der Waals surface area contributed by atoms with E-state index in [-0.39, 0.29) is 24.7 Å². The lowest BCUT2D eigenvalue weighted by Gasteiger charge is -2.18. The first kappa shape index (κ1) is 23.0. The zero-order valence-electron chi connectivity index (χ0n) is 19.0. The summed E-state index contributed by atoms with van der Waals surface area (Å²) < 4.78 is 16.6. The minimum absolute atomic E-state index is 0.0323. The van der Waals surface area contributed by atoms with Crippen molar-refractivity contribution < 1.29 is 28.6 Å². The number of methoxy groups -OCH3 is 1. The Bertz CT molecular complexity index is 1180. The fraction of sp³-hybridized carbons (Fsp3) is 0.222. The zero-order chi connectivity index (χ0) is 24.1. The number of para-hydroxylation sites is 2. The molecule has 4 rings (SSSR count). The highest BCUT2D eigenvalue weighted by molar-refractivity contribution is 6.02. The Balaban J connectivity index is 1.37. The van der Waals surface area contributed by atoms with Crippen LogP contribution in [0.4, 0.5) is 5.69 Å². The average Bonchev–Trinajstić information content (AvgIpc) is 3.26. The van der Waals surface area contributed by atoms with Crippen LogP contribution in [0.15, 0.2) is 78.9 Å². The molecule has 3 aromatic rings. The molecule has 0 spiro atoms. The van der Waals surface area contributed by atoms with Gasteiger partial charge in [0.25, 0.3) is 0 Å². The van der Waals surface area contributed by atoms with Gasteiger partial charge in [-0.2, -0.15) is 0 Å². The van der Waals surface area contributed by atoms with E-state index in [1.165, 1.54) is 0 Å². The molecule has 3 aromatic carbocycles. The maximum Gasteiger partial charge on any atom is 0.312 e. The summed E-state index contributed by atoms with van der Waals surface area (Å²) in [5.41, 5.74) is 1.13. The van der Waals surface area contributed by atoms with Crippen molar-refractivity contribution in [1.82, 2.24) is 0 Å². The molecule has 174 valence electrons. The first-order valence-electron chi connectivity index (χ1n) is 11.0. The van der Waals surface area contributed by atoms with Gasteiger partial charge in [-0.1, -0.05) is 42.5 Å². The van der Waals surface area contributed by atoms with Crippen LogP contribution in [0.2, 0.25) is 0 Å². The van der Waals surface area contributed by atoms with Crippen molar-refractivity contribution in [3.05, 3.63) is 84.4 Å². The van der Waals surface area contributed by atoms with Crippen molar-refractivity contribution in [3.8, 4) is 17.2 Å². The number of hydrogen-bond donors (Lipinski definition) is 0. The van der Waals surface area contributed by atoms with E-state index in [0.29, 0.717) is 28.5 Å². The van der Waals surface area contributed by atoms with Crippen LogP contribution in [-0.2, 0) is 14.3 Å². The molecule has 0 radical (unpaired) electrons. The van der Waals surface area contributed by atoms with Crippen molar-refractivity contribution >= 4 is 23.3 Å². The standard InChI is InChI=1S/C27H25NO6/c1-18(26(30)19-8-4-3-5-9-19)33-27(31)20-16-25(29)28(17-20)21-12-14-22(15-13-21)34-24-11-7-6-10-23(24)32-2/h3-15,18,20H,16-17H2,1-2H3/t18-,20-/m0/s1. The van der Waals surface area contributed by atoms with Crippen LogP contribution >= 0.6 is 0 Å². The van der Waals surface area contributed by atoms with Gasteiger partial charge in [0.15, 0.2) is 17.6 Å². The van der Waals surface area contributed by atoms with E-state index in [1.807, 2.05) is 18.2 Å². The number of rotatable bonds is 8. The van der Waals surface area contributed by atoms with Gasteiger partial charge in [-0.25, -0.2) is 0 Å². The van der Waals surface area contributed by atoms with Gasteiger partial charge in [0, 0.05) is 24.2 Å². The molecule has 7 nitrogen and oxygen atoms in total. The molecule has 0 unspecified atom stereocenters. The van der Waals surface area contributed by atoms with Crippen LogP contribution in [0.5, 0.6) is 17.2 Å². The highest BCUT2D eigenvalue weighted by Crippen LogP contribution is 2.33. The predicted molar refractivity (Wildman–Crippen MR) is 126 cm³/mol. The van der Waals surface area contributed by atoms with Gasteiger partial charge in [-0.05, 0) is 43.3 Å². The Labute approximate surface area is 197 Å². The van der Waals surface area contributed by atoms with E-state index in [2.05, 4.69) is 0 Å². The maximum absolute atomic E-state index is 12.6. The summed E-state index contributed by atoms with van der Waals surface area (Å²) in [7, 11) is 1.57. The van der Waals surface area contributed by atoms with Crippen molar-refractivity contribution in [2.24, 2.45) is 5.92 Å². The summed E-state index contributed by atoms with van der Waals surface area (Å²) in [5.74, 6) is 0.138. The molecule has 1 amide bonds. The SMILES string of the molecule is COc1ccccc1Oc1ccc(N2C[C@@H](C(=O)O[C@@H](C)C(=O)c3ccccc3)CC2=O)cc1. The third kappa shape index (κ3) is 5.09. The van der Waals surface area contributed by atoms with E-state index in [4.69, 9.17) is 14.2 Å². The predicted octanol–water partition coefficient (Wildman–Crippen LogP) is 4.66. The Hall–Kier alpha value is -4.13. The molecular formula is C27H25NO6. The Kier molecular flexibility index (Phi) is 6.92. The number of ketones is 1. The maximum atomic E-state index is 12.6. The van der Waals surface area contributed by atoms with Gasteiger partial charge in [0.2, 0.25) is 11.7 Å². The lowest BCUT2D eigenvalue weighted by molar-refractivity contribution is -0.151. The molecule has 1 heterocycles. The summed E-state index contributed by atoms with van der Waals surface area (Å²) in [6, 6.07) is 23.0. The molecule has 1 fully saturated rings. The number of benzene rings is 3. The zero-order valence-corrected chi connectivity index (χ0v) is 19.0. The van der Waals surface area contributed by atoms with Gasteiger partial charge in [0.1, 0.15) is 5.75 Å². The lowest BCUT2D eigenvalue weighted by atomic mass is 10.1. The second kappa shape index (κ2) is 10.2. The van der Waals surface area contributed by atoms with Gasteiger partial charge < -0.3 is 19.1 Å². The summed E-state index contributed by atoms with van der Waals surface area (Å²) in [5, 5.41) is 0. The van der Waals surface area contributed by atoms with E-state index < -0.39 is 18.0 Å². The average molecular weight is 459 g/mol. The van der Waals surface area contributed by atoms with Crippen LogP contribution in [0.3, 0.4) is 0 Å². The van der Waals surface area contributed by atoms with E-state index >= 15 is 0 Å². The number of ether oxygens (including phenoxy) is 3. The van der Waals surface area contributed by atoms with Crippen LogP contribution in [-0.4, -0.2) is 37.4 Å². The number of nitrogens with zero attached hydrogens (tertiary/aromatic N) is 1. The molecule has 1 saturated heterocycles. The van der Waals surface area contributed by atoms with Crippen LogP contribution in [0.1, 0.15) is 23.7 Å². The van der Waals surface area contributed by atoms with Crippen LogP contribution in [0.25, 0.3) is 0 Å². The number of carbonyl (C=O) groups excluding carboxylic acids is 3. The molecule has 0 aliphatic carbocycles. The van der Waals surface area contributed by atoms with Crippen molar-refractivity contribution in [1.29, 1.82) is 0 Å². The molecule has 0 bridgehead atoms. The number of Topliss-reactive ketones (excluding diaryl/α,β-unsaturated/α-hetero) is 1. The summed E-state index contributed by atoms with van der Waals surface area (Å²) in [6.45, 7) is 1.73. The normalized spacial score (nSPS) is 16.1. The molecule has 0 aromatic heterocycles. The van der Waals surface area contributed by atoms with Crippen molar-refractivity contribution in [2.75, 3.05) is 18.6 Å². The summed E-state index contributed by atoms with van der Waals surface area (Å²) in [6.07, 6.45) is -0.893. The molecule has 1 aliphatic rings. The molecule has 34 heavy (non-hydrogen) atoms. The summed E-state index contributed by atoms with van der Waals surface area (Å²) >= 11 is 0. The van der Waals surface area contributed by atoms with Crippen LogP contribution < -0.4 is 14.4 Å². The van der Waals surface area contributed by atoms with Crippen LogP contribution in [0, 0.1) is 5.92 Å². The monoisotopic (exact) mass is 459 g/mol.